The monoisotopic (exact) mass is 90.0 g/mol. The summed E-state index contributed by atoms with van der Waals surface area (Å²) in [5.74, 6) is 0. The van der Waals surface area contributed by atoms with Crippen molar-refractivity contribution in [3.63, 3.8) is 0 Å². The Kier molecular flexibility index (Phi) is 0.689. The second-order valence-electron chi connectivity index (χ2n) is 0.477. The highest BCUT2D eigenvalue weighted by Gasteiger charge is 1.66. The van der Waals surface area contributed by atoms with Gasteiger partial charge in [0.05, 0.1) is 0 Å². The minimum atomic E-state index is 1.84. The van der Waals surface area contributed by atoms with Gasteiger partial charge in [-0.3, -0.25) is 0 Å². The van der Waals surface area contributed by atoms with E-state index in [1.54, 1.807) is 0 Å². The highest BCUT2D eigenvalue weighted by atomic mass is 17.4. The average molecular weight is 90.0 g/mol. The lowest BCUT2D eigenvalue weighted by Gasteiger charge is -1.65. The predicted octanol–water partition coefficient (Wildman–Crippen LogP) is 0.378. The van der Waals surface area contributed by atoms with Crippen LogP contribution >= 0.6 is 0 Å². The normalized spacial score (nSPS) is 8.00. The molecule has 0 saturated heterocycles. The largest absolute Gasteiger partial charge is 0.383 e. The molecule has 0 aliphatic rings. The number of nitrogens with zero attached hydrogens (tertiary/aromatic N) is 1. The maximum absolute atomic E-state index is 3.81. The molecule has 0 atom stereocenters. The first kappa shape index (κ1) is 3.08. The van der Waals surface area contributed by atoms with Crippen LogP contribution < -0.4 is 0 Å². The van der Waals surface area contributed by atoms with E-state index in [1.165, 1.54) is 0 Å². The summed E-state index contributed by atoms with van der Waals surface area (Å²) in [5, 5.41) is 2.86. The van der Waals surface area contributed by atoms with E-state index < -0.39 is 0 Å². The highest BCUT2D eigenvalue weighted by molar-refractivity contribution is 3.95. The third-order valence-electron chi connectivity index (χ3n) is 0.204. The summed E-state index contributed by atoms with van der Waals surface area (Å²) in [6.45, 7) is 0. The molecule has 0 unspecified atom stereocenters. The van der Waals surface area contributed by atoms with E-state index in [2.05, 4.69) is 23.9 Å². The van der Waals surface area contributed by atoms with Crippen molar-refractivity contribution in [2.45, 2.75) is 0 Å². The molecule has 6 heavy (non-hydrogen) atoms. The van der Waals surface area contributed by atoms with Crippen LogP contribution in [0.5, 0.6) is 0 Å². The Hall–Kier alpha value is -1.13. The average Bonchev–Trinajstić information content (AvgIpc) is 1.72. The van der Waals surface area contributed by atoms with Crippen LogP contribution in [-0.2, 0) is 0 Å². The van der Waals surface area contributed by atoms with Crippen LogP contribution in [0.4, 0.5) is 0 Å². The molecule has 0 aliphatic carbocycles. The maximum atomic E-state index is 3.81. The van der Waals surface area contributed by atoms with Gasteiger partial charge >= 0.3 is 6.39 Å². The molecule has 1 rings (SSSR count). The van der Waals surface area contributed by atoms with Crippen LogP contribution in [-0.4, -0.2) is 5.16 Å². The molecule has 0 fully saturated rings. The summed E-state index contributed by atoms with van der Waals surface area (Å²) in [6.07, 6.45) is 1.84. The van der Waals surface area contributed by atoms with Crippen molar-refractivity contribution >= 4 is 0 Å². The van der Waals surface area contributed by atoms with E-state index in [9.17, 15) is 0 Å². The van der Waals surface area contributed by atoms with Gasteiger partial charge in [-0.25, -0.2) is 4.58 Å². The van der Waals surface area contributed by atoms with Crippen molar-refractivity contribution in [2.75, 3.05) is 0 Å². The molecule has 33 valence electrons. The van der Waals surface area contributed by atoms with Crippen molar-refractivity contribution in [2.24, 2.45) is 0 Å². The van der Waals surface area contributed by atoms with Crippen LogP contribution in [0.25, 0.3) is 0 Å². The smallest absolute Gasteiger partial charge is 0.218 e. The molecule has 1 aromatic heterocycles. The van der Waals surface area contributed by atoms with E-state index in [1.807, 2.05) is 6.39 Å². The lowest BCUT2D eigenvalue weighted by atomic mass is 11.6. The lowest BCUT2D eigenvalue weighted by molar-refractivity contribution is -0.337. The van der Waals surface area contributed by atoms with Crippen molar-refractivity contribution < 1.29 is 18.7 Å². The Morgan fingerprint density at radius 1 is 1.33 bits per heavy atom. The van der Waals surface area contributed by atoms with Gasteiger partial charge in [0.1, 0.15) is 0 Å². The Bertz CT molecular complexity index is 79.5. The van der Waals surface area contributed by atoms with Crippen LogP contribution in [0, 0.1) is 6.39 Å². The van der Waals surface area contributed by atoms with E-state index in [-0.39, 0.29) is 0 Å². The van der Waals surface area contributed by atoms with Crippen LogP contribution in [0.2, 0.25) is 0 Å². The molecular weight excluding hydrogens is 90.0 g/mol. The molecule has 0 spiro atoms. The molecule has 1 radical (unpaired) electrons. The second kappa shape index (κ2) is 1.34. The minimum absolute atomic E-state index is 1.84. The van der Waals surface area contributed by atoms with Crippen molar-refractivity contribution in [3.8, 4) is 0 Å². The number of hydrogen-bond donors (Lipinski definition) is 0. The molecule has 0 N–H and O–H groups in total. The Morgan fingerprint density at radius 3 is 2.50 bits per heavy atom. The maximum Gasteiger partial charge on any atom is 0.383 e. The molecular formula is CNO4. The molecule has 5 nitrogen and oxygen atoms in total. The fourth-order valence-corrected chi connectivity index (χ4v) is 0.0872. The number of hydrogen-bond acceptors (Lipinski definition) is 5. The van der Waals surface area contributed by atoms with Gasteiger partial charge in [0.15, 0.2) is 0 Å². The standard InChI is InChI=1S/CNO4/c1-2-4-6-5-3-1. The zero-order valence-electron chi connectivity index (χ0n) is 2.58. The Morgan fingerprint density at radius 2 is 2.33 bits per heavy atom. The molecule has 0 aliphatic heterocycles. The zero-order chi connectivity index (χ0) is 4.24. The first-order chi connectivity index (χ1) is 3.00. The van der Waals surface area contributed by atoms with Crippen molar-refractivity contribution in [1.82, 2.24) is 5.16 Å². The Balaban J connectivity index is 3.00. The second-order valence-corrected chi connectivity index (χ2v) is 0.477. The summed E-state index contributed by atoms with van der Waals surface area (Å²) in [7, 11) is 0. The quantitative estimate of drug-likeness (QED) is 0.431. The Labute approximate surface area is 31.6 Å². The fourth-order valence-electron chi connectivity index (χ4n) is 0.0872. The first-order valence-corrected chi connectivity index (χ1v) is 1.11. The summed E-state index contributed by atoms with van der Waals surface area (Å²) in [6, 6.07) is 0. The van der Waals surface area contributed by atoms with Gasteiger partial charge in [0.2, 0.25) is 0 Å². The number of aromatic nitrogens is 1. The van der Waals surface area contributed by atoms with Gasteiger partial charge < -0.3 is 0 Å². The van der Waals surface area contributed by atoms with Gasteiger partial charge in [0.25, 0.3) is 0 Å². The topological polar surface area (TPSA) is 65.5 Å². The molecule has 1 heterocycles. The molecule has 5 heteroatoms. The minimum Gasteiger partial charge on any atom is -0.218 e. The first-order valence-electron chi connectivity index (χ1n) is 1.11. The van der Waals surface area contributed by atoms with Gasteiger partial charge in [-0.15, -0.1) is 4.68 Å². The SMILES string of the molecule is [c]1noooo1. The number of rotatable bonds is 0. The van der Waals surface area contributed by atoms with Crippen LogP contribution in [0.3, 0.4) is 0 Å². The molecule has 0 amide bonds. The van der Waals surface area contributed by atoms with Gasteiger partial charge in [-0.2, -0.15) is 0 Å². The summed E-state index contributed by atoms with van der Waals surface area (Å²) in [5.41, 5.74) is 0. The van der Waals surface area contributed by atoms with Crippen molar-refractivity contribution in [1.29, 1.82) is 0 Å². The molecule has 0 saturated carbocycles. The molecule has 0 aromatic carbocycles. The summed E-state index contributed by atoms with van der Waals surface area (Å²) in [4.78, 5) is 0. The molecule has 0 bridgehead atoms. The van der Waals surface area contributed by atoms with Gasteiger partial charge in [-0.1, -0.05) is 0 Å². The zero-order valence-corrected chi connectivity index (χ0v) is 2.58. The van der Waals surface area contributed by atoms with Crippen LogP contribution in [0.15, 0.2) is 18.7 Å². The summed E-state index contributed by atoms with van der Waals surface area (Å²) < 4.78 is 14.8. The fraction of sp³-hybridized carbons (Fsp3) is 0. The highest BCUT2D eigenvalue weighted by Crippen LogP contribution is 1.72. The summed E-state index contributed by atoms with van der Waals surface area (Å²) >= 11 is 0. The van der Waals surface area contributed by atoms with E-state index in [4.69, 9.17) is 0 Å². The lowest BCUT2D eigenvalue weighted by Crippen LogP contribution is -1.60. The van der Waals surface area contributed by atoms with Gasteiger partial charge in [-0.05, 0) is 9.47 Å². The van der Waals surface area contributed by atoms with E-state index >= 15 is 0 Å². The van der Waals surface area contributed by atoms with E-state index in [0.717, 1.165) is 0 Å². The molecule has 1 aromatic rings. The van der Waals surface area contributed by atoms with Gasteiger partial charge in [0, 0.05) is 5.16 Å². The van der Waals surface area contributed by atoms with Crippen LogP contribution in [0.1, 0.15) is 0 Å². The van der Waals surface area contributed by atoms with Crippen molar-refractivity contribution in [3.05, 3.63) is 6.39 Å². The van der Waals surface area contributed by atoms with E-state index in [0.29, 0.717) is 0 Å². The predicted molar refractivity (Wildman–Crippen MR) is 9.77 cm³/mol. The third-order valence-corrected chi connectivity index (χ3v) is 0.204. The third kappa shape index (κ3) is 0.423.